The van der Waals surface area contributed by atoms with E-state index in [2.05, 4.69) is 4.98 Å². The minimum atomic E-state index is -1.44. The van der Waals surface area contributed by atoms with Crippen molar-refractivity contribution < 1.29 is 19.4 Å². The fourth-order valence-corrected chi connectivity index (χ4v) is 1.91. The van der Waals surface area contributed by atoms with Crippen LogP contribution in [0.3, 0.4) is 0 Å². The minimum Gasteiger partial charge on any atom is -0.389 e. The van der Waals surface area contributed by atoms with E-state index in [-0.39, 0.29) is 21.6 Å². The number of thioether (sulfide) groups is 1. The lowest BCUT2D eigenvalue weighted by Crippen LogP contribution is -2.22. The van der Waals surface area contributed by atoms with Crippen molar-refractivity contribution in [1.82, 2.24) is 4.98 Å². The molecule has 2 unspecified atom stereocenters. The molecule has 0 saturated heterocycles. The standard InChI is InChI=1S/C10H11ClFNO3S/c1-5(14)17-4-8(15)10(16)6-2-9(11)13-3-7(6)12/h2-3,8,10,15-16H,4H2,1H3. The van der Waals surface area contributed by atoms with Gasteiger partial charge in [0.05, 0.1) is 12.3 Å². The van der Waals surface area contributed by atoms with Crippen molar-refractivity contribution in [3.63, 3.8) is 0 Å². The third kappa shape index (κ3) is 4.23. The zero-order chi connectivity index (χ0) is 13.0. The number of aromatic nitrogens is 1. The van der Waals surface area contributed by atoms with Crippen molar-refractivity contribution in [2.24, 2.45) is 0 Å². The van der Waals surface area contributed by atoms with Gasteiger partial charge in [-0.2, -0.15) is 0 Å². The summed E-state index contributed by atoms with van der Waals surface area (Å²) in [5, 5.41) is 19.1. The molecule has 94 valence electrons. The molecule has 1 rings (SSSR count). The topological polar surface area (TPSA) is 70.4 Å². The summed E-state index contributed by atoms with van der Waals surface area (Å²) in [7, 11) is 0. The predicted molar refractivity (Wildman–Crippen MR) is 63.3 cm³/mol. The van der Waals surface area contributed by atoms with Gasteiger partial charge >= 0.3 is 0 Å². The van der Waals surface area contributed by atoms with E-state index < -0.39 is 18.0 Å². The van der Waals surface area contributed by atoms with Crippen molar-refractivity contribution in [2.45, 2.75) is 19.1 Å². The maximum atomic E-state index is 13.3. The van der Waals surface area contributed by atoms with E-state index in [1.165, 1.54) is 6.92 Å². The molecule has 17 heavy (non-hydrogen) atoms. The monoisotopic (exact) mass is 279 g/mol. The van der Waals surface area contributed by atoms with Crippen LogP contribution in [0.5, 0.6) is 0 Å². The molecule has 0 aliphatic heterocycles. The lowest BCUT2D eigenvalue weighted by Gasteiger charge is -2.17. The summed E-state index contributed by atoms with van der Waals surface area (Å²) in [5.41, 5.74) is -0.137. The molecule has 0 aromatic carbocycles. The molecule has 0 saturated carbocycles. The van der Waals surface area contributed by atoms with Crippen LogP contribution in [0.4, 0.5) is 4.39 Å². The Bertz CT molecular complexity index is 419. The van der Waals surface area contributed by atoms with Crippen LogP contribution in [0.15, 0.2) is 12.3 Å². The number of carbonyl (C=O) groups excluding carboxylic acids is 1. The summed E-state index contributed by atoms with van der Waals surface area (Å²) in [5.74, 6) is -0.774. The molecule has 2 atom stereocenters. The quantitative estimate of drug-likeness (QED) is 0.819. The second-order valence-corrected chi connectivity index (χ2v) is 4.93. The van der Waals surface area contributed by atoms with E-state index >= 15 is 0 Å². The fourth-order valence-electron chi connectivity index (χ4n) is 1.16. The van der Waals surface area contributed by atoms with Gasteiger partial charge in [0, 0.05) is 18.2 Å². The summed E-state index contributed by atoms with van der Waals surface area (Å²) >= 11 is 6.42. The largest absolute Gasteiger partial charge is 0.389 e. The molecule has 1 aromatic heterocycles. The highest BCUT2D eigenvalue weighted by molar-refractivity contribution is 8.13. The van der Waals surface area contributed by atoms with E-state index in [0.717, 1.165) is 24.0 Å². The Kier molecular flexibility index (Phi) is 5.32. The van der Waals surface area contributed by atoms with Gasteiger partial charge in [0.2, 0.25) is 0 Å². The van der Waals surface area contributed by atoms with Crippen LogP contribution in [-0.2, 0) is 4.79 Å². The number of halogens is 2. The van der Waals surface area contributed by atoms with E-state index in [0.29, 0.717) is 0 Å². The Morgan fingerprint density at radius 3 is 2.88 bits per heavy atom. The molecule has 0 aliphatic rings. The van der Waals surface area contributed by atoms with Gasteiger partial charge in [-0.3, -0.25) is 4.79 Å². The summed E-state index contributed by atoms with van der Waals surface area (Å²) in [6.45, 7) is 1.34. The van der Waals surface area contributed by atoms with Crippen LogP contribution in [0.1, 0.15) is 18.6 Å². The van der Waals surface area contributed by atoms with Gasteiger partial charge in [0.1, 0.15) is 17.1 Å². The molecule has 1 heterocycles. The zero-order valence-electron chi connectivity index (χ0n) is 8.93. The minimum absolute atomic E-state index is 0.0180. The summed E-state index contributed by atoms with van der Waals surface area (Å²) < 4.78 is 13.3. The summed E-state index contributed by atoms with van der Waals surface area (Å²) in [6, 6.07) is 1.14. The highest BCUT2D eigenvalue weighted by Crippen LogP contribution is 2.24. The van der Waals surface area contributed by atoms with Crippen LogP contribution in [0.2, 0.25) is 5.15 Å². The Balaban J connectivity index is 2.77. The van der Waals surface area contributed by atoms with Gasteiger partial charge in [0.15, 0.2) is 5.12 Å². The van der Waals surface area contributed by atoms with Crippen LogP contribution in [-0.4, -0.2) is 32.2 Å². The first-order valence-corrected chi connectivity index (χ1v) is 6.08. The molecule has 1 aromatic rings. The molecule has 0 amide bonds. The Hall–Kier alpha value is -0.690. The van der Waals surface area contributed by atoms with Gasteiger partial charge in [-0.05, 0) is 6.07 Å². The van der Waals surface area contributed by atoms with E-state index in [9.17, 15) is 19.4 Å². The molecule has 0 aliphatic carbocycles. The van der Waals surface area contributed by atoms with Gasteiger partial charge in [-0.15, -0.1) is 0 Å². The van der Waals surface area contributed by atoms with Gasteiger partial charge < -0.3 is 10.2 Å². The molecule has 2 N–H and O–H groups in total. The third-order valence-corrected chi connectivity index (χ3v) is 3.11. The van der Waals surface area contributed by atoms with E-state index in [1.807, 2.05) is 0 Å². The number of aliphatic hydroxyl groups is 2. The second kappa shape index (κ2) is 6.30. The van der Waals surface area contributed by atoms with Crippen molar-refractivity contribution in [3.05, 3.63) is 28.8 Å². The van der Waals surface area contributed by atoms with Gasteiger partial charge in [-0.25, -0.2) is 9.37 Å². The van der Waals surface area contributed by atoms with Crippen LogP contribution < -0.4 is 0 Å². The number of carbonyl (C=O) groups is 1. The van der Waals surface area contributed by atoms with Gasteiger partial charge in [-0.1, -0.05) is 23.4 Å². The van der Waals surface area contributed by atoms with Crippen molar-refractivity contribution in [2.75, 3.05) is 5.75 Å². The van der Waals surface area contributed by atoms with Crippen LogP contribution >= 0.6 is 23.4 Å². The molecule has 7 heteroatoms. The smallest absolute Gasteiger partial charge is 0.185 e. The number of aliphatic hydroxyl groups excluding tert-OH is 2. The maximum Gasteiger partial charge on any atom is 0.185 e. The Morgan fingerprint density at radius 2 is 2.29 bits per heavy atom. The SMILES string of the molecule is CC(=O)SCC(O)C(O)c1cc(Cl)ncc1F. The van der Waals surface area contributed by atoms with Gasteiger partial charge in [0.25, 0.3) is 0 Å². The molecule has 0 spiro atoms. The average molecular weight is 280 g/mol. The number of hydrogen-bond acceptors (Lipinski definition) is 5. The first kappa shape index (κ1) is 14.4. The fraction of sp³-hybridized carbons (Fsp3) is 0.400. The van der Waals surface area contributed by atoms with Crippen molar-refractivity contribution >= 4 is 28.5 Å². The number of pyridine rings is 1. The zero-order valence-corrected chi connectivity index (χ0v) is 10.5. The van der Waals surface area contributed by atoms with Crippen molar-refractivity contribution in [1.29, 1.82) is 0 Å². The molecular formula is C10H11ClFNO3S. The number of rotatable bonds is 4. The molecule has 0 radical (unpaired) electrons. The van der Waals surface area contributed by atoms with E-state index in [4.69, 9.17) is 11.6 Å². The van der Waals surface area contributed by atoms with Crippen LogP contribution in [0.25, 0.3) is 0 Å². The Morgan fingerprint density at radius 1 is 1.65 bits per heavy atom. The molecule has 0 bridgehead atoms. The Labute approximate surface area is 107 Å². The predicted octanol–water partition coefficient (Wildman–Crippen LogP) is 1.55. The summed E-state index contributed by atoms with van der Waals surface area (Å²) in [6.07, 6.45) is -1.83. The molecule has 0 fully saturated rings. The van der Waals surface area contributed by atoms with Crippen LogP contribution in [0, 0.1) is 5.82 Å². The molecular weight excluding hydrogens is 269 g/mol. The lowest BCUT2D eigenvalue weighted by molar-refractivity contribution is -0.109. The van der Waals surface area contributed by atoms with E-state index in [1.54, 1.807) is 0 Å². The number of hydrogen-bond donors (Lipinski definition) is 2. The maximum absolute atomic E-state index is 13.3. The first-order valence-electron chi connectivity index (χ1n) is 4.72. The first-order chi connectivity index (χ1) is 7.91. The third-order valence-electron chi connectivity index (χ3n) is 1.99. The van der Waals surface area contributed by atoms with Crippen molar-refractivity contribution in [3.8, 4) is 0 Å². The highest BCUT2D eigenvalue weighted by Gasteiger charge is 2.22. The average Bonchev–Trinajstić information content (AvgIpc) is 2.28. The summed E-state index contributed by atoms with van der Waals surface area (Å²) in [4.78, 5) is 14.2. The molecule has 4 nitrogen and oxygen atoms in total. The normalized spacial score (nSPS) is 14.4. The number of nitrogens with zero attached hydrogens (tertiary/aromatic N) is 1. The lowest BCUT2D eigenvalue weighted by atomic mass is 10.1. The highest BCUT2D eigenvalue weighted by atomic mass is 35.5. The second-order valence-electron chi connectivity index (χ2n) is 3.34.